The van der Waals surface area contributed by atoms with E-state index < -0.39 is 11.8 Å². The van der Waals surface area contributed by atoms with Crippen LogP contribution in [-0.2, 0) is 25.9 Å². The van der Waals surface area contributed by atoms with E-state index in [-0.39, 0.29) is 11.8 Å². The largest absolute Gasteiger partial charge is 0.379 e. The van der Waals surface area contributed by atoms with Gasteiger partial charge in [0.05, 0.1) is 35.3 Å². The Morgan fingerprint density at radius 3 is 1.79 bits per heavy atom. The molecule has 1 fully saturated rings. The molecule has 0 bridgehead atoms. The fourth-order valence-electron chi connectivity index (χ4n) is 5.56. The maximum Gasteiger partial charge on any atom is 0.272 e. The Hall–Kier alpha value is -4.89. The lowest BCUT2D eigenvalue weighted by atomic mass is 10.2. The molecular weight excluding hydrogens is 656 g/mol. The zero-order chi connectivity index (χ0) is 33.9. The molecule has 0 saturated carbocycles. The monoisotopic (exact) mass is 690 g/mol. The third-order valence-corrected chi connectivity index (χ3v) is 9.72. The Bertz CT molecular complexity index is 2020. The van der Waals surface area contributed by atoms with Gasteiger partial charge < -0.3 is 39.7 Å². The van der Waals surface area contributed by atoms with Gasteiger partial charge in [0.2, 0.25) is 0 Å². The molecule has 0 aliphatic carbocycles. The molecule has 1 saturated heterocycles. The van der Waals surface area contributed by atoms with Gasteiger partial charge in [0, 0.05) is 76.0 Å². The summed E-state index contributed by atoms with van der Waals surface area (Å²) in [5, 5.41) is 12.6. The van der Waals surface area contributed by atoms with E-state index in [1.165, 1.54) is 11.3 Å². The molecule has 5 heterocycles. The van der Waals surface area contributed by atoms with Crippen molar-refractivity contribution in [1.82, 2.24) is 23.9 Å². The van der Waals surface area contributed by atoms with Crippen molar-refractivity contribution in [3.8, 4) is 0 Å². The summed E-state index contributed by atoms with van der Waals surface area (Å²) in [7, 11) is 5.12. The van der Waals surface area contributed by atoms with E-state index >= 15 is 0 Å². The van der Waals surface area contributed by atoms with Crippen LogP contribution in [0.1, 0.15) is 41.1 Å². The number of ether oxygens (including phenoxy) is 1. The second-order valence-electron chi connectivity index (χ2n) is 11.5. The molecule has 0 atom stereocenters. The molecule has 13 nitrogen and oxygen atoms in total. The predicted octanol–water partition coefficient (Wildman–Crippen LogP) is 4.39. The van der Waals surface area contributed by atoms with Gasteiger partial charge in [0.1, 0.15) is 22.0 Å². The number of aryl methyl sites for hydroxylation is 3. The van der Waals surface area contributed by atoms with Crippen LogP contribution in [0.2, 0.25) is 5.02 Å². The summed E-state index contributed by atoms with van der Waals surface area (Å²) in [5.41, 5.74) is 2.31. The van der Waals surface area contributed by atoms with Crippen LogP contribution < -0.4 is 21.3 Å². The van der Waals surface area contributed by atoms with Crippen LogP contribution in [0.4, 0.5) is 17.1 Å². The Labute approximate surface area is 285 Å². The van der Waals surface area contributed by atoms with Crippen LogP contribution >= 0.6 is 22.9 Å². The molecule has 0 unspecified atom stereocenters. The lowest BCUT2D eigenvalue weighted by molar-refractivity contribution is 0.0383. The molecule has 6 rings (SSSR count). The normalized spacial score (nSPS) is 13.4. The molecular formula is C33H35ClN8O5S. The number of aromatic nitrogens is 3. The number of anilines is 3. The van der Waals surface area contributed by atoms with E-state index in [0.717, 1.165) is 29.7 Å². The number of hydrogen-bond acceptors (Lipinski definition) is 7. The van der Waals surface area contributed by atoms with Crippen molar-refractivity contribution in [3.05, 3.63) is 88.0 Å². The number of carbonyl (C=O) groups excluding carboxylic acids is 4. The summed E-state index contributed by atoms with van der Waals surface area (Å²) in [6.07, 6.45) is 4.93. The number of benzene rings is 1. The summed E-state index contributed by atoms with van der Waals surface area (Å²) in [4.78, 5) is 54.8. The van der Waals surface area contributed by atoms with E-state index in [0.29, 0.717) is 63.8 Å². The Kier molecular flexibility index (Phi) is 9.68. The van der Waals surface area contributed by atoms with Crippen molar-refractivity contribution in [3.63, 3.8) is 0 Å². The zero-order valence-corrected chi connectivity index (χ0v) is 28.2. The first-order chi connectivity index (χ1) is 23.1. The standard InChI is InChI=1S/C33H35ClN8O5S/c1-39-17-20(14-24(39)30(43)35-8-9-42-10-12-47-13-11-42)36-31(44)25-15-21(18-40(25)2)37-32(45)26-16-22(19-41(26)3)38-33(46)29-28(34)23-6-4-5-7-27(23)48-29/h4-7,14-19H,8-13H2,1-3H3,(H,35,43)(H,36,44)(H,37,45)(H,38,46). The maximum absolute atomic E-state index is 13.2. The van der Waals surface area contributed by atoms with Gasteiger partial charge in [-0.3, -0.25) is 24.1 Å². The molecule has 4 aromatic heterocycles. The van der Waals surface area contributed by atoms with Gasteiger partial charge in [-0.15, -0.1) is 11.3 Å². The van der Waals surface area contributed by atoms with E-state index in [9.17, 15) is 19.2 Å². The van der Waals surface area contributed by atoms with E-state index in [4.69, 9.17) is 16.3 Å². The number of nitrogens with one attached hydrogen (secondary N) is 4. The first-order valence-corrected chi connectivity index (χ1v) is 16.5. The second-order valence-corrected chi connectivity index (χ2v) is 12.9. The number of halogens is 1. The molecule has 4 amide bonds. The van der Waals surface area contributed by atoms with E-state index in [1.54, 1.807) is 71.6 Å². The minimum atomic E-state index is -0.428. The third kappa shape index (κ3) is 7.16. The molecule has 0 spiro atoms. The SMILES string of the molecule is Cn1cc(NC(=O)c2cc(NC(=O)c3cc(NC(=O)c4sc5ccccc5c4Cl)cn3C)cn2C)cc1C(=O)NCCN1CCOCC1. The fourth-order valence-corrected chi connectivity index (χ4v) is 6.97. The summed E-state index contributed by atoms with van der Waals surface area (Å²) in [6, 6.07) is 12.3. The van der Waals surface area contributed by atoms with Crippen LogP contribution in [-0.4, -0.2) is 81.6 Å². The average Bonchev–Trinajstić information content (AvgIpc) is 3.82. The first-order valence-electron chi connectivity index (χ1n) is 15.3. The molecule has 1 aliphatic rings. The van der Waals surface area contributed by atoms with Gasteiger partial charge in [-0.1, -0.05) is 29.8 Å². The Morgan fingerprint density at radius 1 is 0.750 bits per heavy atom. The molecule has 1 aromatic carbocycles. The summed E-state index contributed by atoms with van der Waals surface area (Å²) >= 11 is 7.76. The second kappa shape index (κ2) is 14.1. The van der Waals surface area contributed by atoms with Gasteiger partial charge in [-0.25, -0.2) is 0 Å². The Morgan fingerprint density at radius 2 is 1.25 bits per heavy atom. The number of morpholine rings is 1. The summed E-state index contributed by atoms with van der Waals surface area (Å²) in [5.74, 6) is -1.44. The molecule has 48 heavy (non-hydrogen) atoms. The third-order valence-electron chi connectivity index (χ3n) is 8.04. The van der Waals surface area contributed by atoms with Crippen LogP contribution in [0.5, 0.6) is 0 Å². The fraction of sp³-hybridized carbons (Fsp3) is 0.273. The van der Waals surface area contributed by atoms with Crippen molar-refractivity contribution in [2.24, 2.45) is 21.1 Å². The van der Waals surface area contributed by atoms with Crippen LogP contribution in [0, 0.1) is 0 Å². The van der Waals surface area contributed by atoms with Gasteiger partial charge in [-0.2, -0.15) is 0 Å². The maximum atomic E-state index is 13.2. The highest BCUT2D eigenvalue weighted by Gasteiger charge is 2.21. The van der Waals surface area contributed by atoms with Gasteiger partial charge in [0.15, 0.2) is 0 Å². The quantitative estimate of drug-likeness (QED) is 0.171. The molecule has 5 aromatic rings. The lowest BCUT2D eigenvalue weighted by Crippen LogP contribution is -2.41. The zero-order valence-electron chi connectivity index (χ0n) is 26.6. The summed E-state index contributed by atoms with van der Waals surface area (Å²) in [6.45, 7) is 4.33. The van der Waals surface area contributed by atoms with E-state index in [2.05, 4.69) is 26.2 Å². The van der Waals surface area contributed by atoms with Crippen molar-refractivity contribution in [2.75, 3.05) is 55.3 Å². The first kappa shape index (κ1) is 33.0. The number of nitrogens with zero attached hydrogens (tertiary/aromatic N) is 4. The van der Waals surface area contributed by atoms with Crippen molar-refractivity contribution in [2.45, 2.75) is 0 Å². The highest BCUT2D eigenvalue weighted by molar-refractivity contribution is 7.21. The van der Waals surface area contributed by atoms with Crippen molar-refractivity contribution >= 4 is 73.7 Å². The lowest BCUT2D eigenvalue weighted by Gasteiger charge is -2.26. The van der Waals surface area contributed by atoms with Crippen LogP contribution in [0.3, 0.4) is 0 Å². The van der Waals surface area contributed by atoms with Gasteiger partial charge >= 0.3 is 0 Å². The molecule has 250 valence electrons. The molecule has 1 aliphatic heterocycles. The molecule has 0 radical (unpaired) electrons. The van der Waals surface area contributed by atoms with Gasteiger partial charge in [-0.05, 0) is 24.3 Å². The molecule has 4 N–H and O–H groups in total. The minimum Gasteiger partial charge on any atom is -0.379 e. The number of thiophene rings is 1. The number of hydrogen-bond donors (Lipinski definition) is 4. The molecule has 15 heteroatoms. The number of rotatable bonds is 10. The Balaban J connectivity index is 1.05. The smallest absolute Gasteiger partial charge is 0.272 e. The number of carbonyl (C=O) groups is 4. The van der Waals surface area contributed by atoms with Crippen LogP contribution in [0.25, 0.3) is 10.1 Å². The average molecular weight is 691 g/mol. The number of fused-ring (bicyclic) bond motifs is 1. The van der Waals surface area contributed by atoms with Crippen molar-refractivity contribution < 1.29 is 23.9 Å². The minimum absolute atomic E-state index is 0.234. The van der Waals surface area contributed by atoms with Gasteiger partial charge in [0.25, 0.3) is 23.6 Å². The predicted molar refractivity (Wildman–Crippen MR) is 187 cm³/mol. The van der Waals surface area contributed by atoms with Crippen LogP contribution in [0.15, 0.2) is 61.1 Å². The van der Waals surface area contributed by atoms with Crippen molar-refractivity contribution in [1.29, 1.82) is 0 Å². The highest BCUT2D eigenvalue weighted by atomic mass is 35.5. The topological polar surface area (TPSA) is 144 Å². The van der Waals surface area contributed by atoms with E-state index in [1.807, 2.05) is 24.3 Å². The number of amides is 4. The highest BCUT2D eigenvalue weighted by Crippen LogP contribution is 2.35. The summed E-state index contributed by atoms with van der Waals surface area (Å²) < 4.78 is 11.1.